The number of likely N-dealkylation sites (tertiary alicyclic amines) is 2. The second kappa shape index (κ2) is 5.80. The number of Topliss-reactive ketones (excluding diaryl/α,β-unsaturated/α-hetero) is 1. The van der Waals surface area contributed by atoms with Gasteiger partial charge in [0, 0.05) is 32.5 Å². The van der Waals surface area contributed by atoms with Gasteiger partial charge >= 0.3 is 6.09 Å². The SMILES string of the molecule is CC(C)(C)OC(=O)N1C[C@@H]2CCCN(C(=O)C3CC(=O)C3)[C@@H]2C1. The van der Waals surface area contributed by atoms with Crippen molar-refractivity contribution in [2.45, 2.75) is 58.1 Å². The van der Waals surface area contributed by atoms with E-state index < -0.39 is 5.60 Å². The first kappa shape index (κ1) is 16.3. The first-order valence-corrected chi connectivity index (χ1v) is 8.55. The number of nitrogens with zero attached hydrogens (tertiary/aromatic N) is 2. The summed E-state index contributed by atoms with van der Waals surface area (Å²) in [6.07, 6.45) is 2.50. The molecule has 23 heavy (non-hydrogen) atoms. The Kier molecular flexibility index (Phi) is 4.10. The molecule has 6 nitrogen and oxygen atoms in total. The van der Waals surface area contributed by atoms with E-state index in [4.69, 9.17) is 4.74 Å². The molecular weight excluding hydrogens is 296 g/mol. The lowest BCUT2D eigenvalue weighted by atomic mass is 9.81. The third kappa shape index (κ3) is 3.35. The van der Waals surface area contributed by atoms with Crippen LogP contribution in [-0.4, -0.2) is 58.9 Å². The molecule has 3 rings (SSSR count). The Bertz CT molecular complexity index is 517. The molecule has 2 heterocycles. The third-order valence-electron chi connectivity index (χ3n) is 5.01. The number of ketones is 1. The molecule has 0 radical (unpaired) electrons. The molecular formula is C17H26N2O4. The van der Waals surface area contributed by atoms with Gasteiger partial charge in [0.15, 0.2) is 0 Å². The smallest absolute Gasteiger partial charge is 0.410 e. The molecule has 1 saturated carbocycles. The van der Waals surface area contributed by atoms with Crippen LogP contribution in [0.25, 0.3) is 0 Å². The summed E-state index contributed by atoms with van der Waals surface area (Å²) >= 11 is 0. The van der Waals surface area contributed by atoms with Crippen molar-refractivity contribution in [3.8, 4) is 0 Å². The van der Waals surface area contributed by atoms with Crippen molar-refractivity contribution < 1.29 is 19.1 Å². The van der Waals surface area contributed by atoms with Crippen LogP contribution in [0.4, 0.5) is 4.79 Å². The summed E-state index contributed by atoms with van der Waals surface area (Å²) in [4.78, 5) is 39.7. The zero-order valence-corrected chi connectivity index (χ0v) is 14.2. The molecule has 0 aromatic carbocycles. The van der Waals surface area contributed by atoms with Crippen LogP contribution in [0.1, 0.15) is 46.5 Å². The van der Waals surface area contributed by atoms with Gasteiger partial charge in [0.2, 0.25) is 5.91 Å². The Balaban J connectivity index is 1.64. The summed E-state index contributed by atoms with van der Waals surface area (Å²) in [6.45, 7) is 7.53. The second-order valence-electron chi connectivity index (χ2n) is 8.03. The predicted octanol–water partition coefficient (Wildman–Crippen LogP) is 1.82. The molecule has 128 valence electrons. The monoisotopic (exact) mass is 322 g/mol. The summed E-state index contributed by atoms with van der Waals surface area (Å²) < 4.78 is 5.46. The lowest BCUT2D eigenvalue weighted by Crippen LogP contribution is -2.52. The highest BCUT2D eigenvalue weighted by molar-refractivity contribution is 5.96. The Morgan fingerprint density at radius 2 is 1.87 bits per heavy atom. The maximum absolute atomic E-state index is 12.6. The number of rotatable bonds is 1. The average molecular weight is 322 g/mol. The molecule has 6 heteroatoms. The van der Waals surface area contributed by atoms with Crippen molar-refractivity contribution in [1.29, 1.82) is 0 Å². The minimum Gasteiger partial charge on any atom is -0.444 e. The van der Waals surface area contributed by atoms with Crippen LogP contribution in [0.3, 0.4) is 0 Å². The van der Waals surface area contributed by atoms with E-state index in [2.05, 4.69) is 0 Å². The zero-order chi connectivity index (χ0) is 16.8. The van der Waals surface area contributed by atoms with Crippen molar-refractivity contribution in [2.75, 3.05) is 19.6 Å². The van der Waals surface area contributed by atoms with E-state index in [1.165, 1.54) is 0 Å². The van der Waals surface area contributed by atoms with Crippen LogP contribution in [0.2, 0.25) is 0 Å². The molecule has 2 saturated heterocycles. The fourth-order valence-corrected chi connectivity index (χ4v) is 3.83. The van der Waals surface area contributed by atoms with Crippen LogP contribution in [-0.2, 0) is 14.3 Å². The quantitative estimate of drug-likeness (QED) is 0.738. The maximum atomic E-state index is 12.6. The molecule has 0 bridgehead atoms. The molecule has 0 N–H and O–H groups in total. The molecule has 0 aromatic rings. The second-order valence-corrected chi connectivity index (χ2v) is 8.03. The lowest BCUT2D eigenvalue weighted by molar-refractivity contribution is -0.148. The number of fused-ring (bicyclic) bond motifs is 1. The van der Waals surface area contributed by atoms with Gasteiger partial charge in [-0.05, 0) is 39.5 Å². The molecule has 0 aromatic heterocycles. The lowest BCUT2D eigenvalue weighted by Gasteiger charge is -2.40. The zero-order valence-electron chi connectivity index (χ0n) is 14.2. The van der Waals surface area contributed by atoms with Gasteiger partial charge in [-0.3, -0.25) is 9.59 Å². The van der Waals surface area contributed by atoms with Crippen molar-refractivity contribution in [3.05, 3.63) is 0 Å². The van der Waals surface area contributed by atoms with Gasteiger partial charge in [-0.15, -0.1) is 0 Å². The number of hydrogen-bond acceptors (Lipinski definition) is 4. The first-order chi connectivity index (χ1) is 10.7. The van der Waals surface area contributed by atoms with Crippen molar-refractivity contribution >= 4 is 17.8 Å². The Hall–Kier alpha value is -1.59. The fourth-order valence-electron chi connectivity index (χ4n) is 3.83. The Morgan fingerprint density at radius 3 is 2.48 bits per heavy atom. The maximum Gasteiger partial charge on any atom is 0.410 e. The summed E-state index contributed by atoms with van der Waals surface area (Å²) in [7, 11) is 0. The van der Waals surface area contributed by atoms with Gasteiger partial charge in [0.25, 0.3) is 0 Å². The van der Waals surface area contributed by atoms with E-state index in [1.54, 1.807) is 4.90 Å². The normalized spacial score (nSPS) is 28.4. The van der Waals surface area contributed by atoms with E-state index in [0.29, 0.717) is 31.8 Å². The largest absolute Gasteiger partial charge is 0.444 e. The standard InChI is InChI=1S/C17H26N2O4/c1-17(2,3)23-16(22)18-9-11-5-4-6-19(14(11)10-18)15(21)12-7-13(20)8-12/h11-12,14H,4-10H2,1-3H3/t11-,14+/m0/s1. The van der Waals surface area contributed by atoms with Crippen molar-refractivity contribution in [1.82, 2.24) is 9.80 Å². The van der Waals surface area contributed by atoms with Gasteiger partial charge in [0.05, 0.1) is 12.0 Å². The highest BCUT2D eigenvalue weighted by atomic mass is 16.6. The van der Waals surface area contributed by atoms with Gasteiger partial charge < -0.3 is 14.5 Å². The molecule has 2 atom stereocenters. The Labute approximate surface area is 137 Å². The van der Waals surface area contributed by atoms with Crippen LogP contribution in [0.15, 0.2) is 0 Å². The van der Waals surface area contributed by atoms with Gasteiger partial charge in [-0.25, -0.2) is 4.79 Å². The number of ether oxygens (including phenoxy) is 1. The number of piperidine rings is 1. The number of carbonyl (C=O) groups is 3. The molecule has 3 fully saturated rings. The summed E-state index contributed by atoms with van der Waals surface area (Å²) in [5, 5.41) is 0. The van der Waals surface area contributed by atoms with Crippen molar-refractivity contribution in [3.63, 3.8) is 0 Å². The van der Waals surface area contributed by atoms with Crippen LogP contribution < -0.4 is 0 Å². The number of hydrogen-bond donors (Lipinski definition) is 0. The average Bonchev–Trinajstić information content (AvgIpc) is 2.85. The van der Waals surface area contributed by atoms with E-state index in [0.717, 1.165) is 19.4 Å². The minimum atomic E-state index is -0.507. The van der Waals surface area contributed by atoms with E-state index in [9.17, 15) is 14.4 Å². The highest BCUT2D eigenvalue weighted by Gasteiger charge is 2.46. The van der Waals surface area contributed by atoms with Crippen LogP contribution in [0, 0.1) is 11.8 Å². The molecule has 2 amide bonds. The van der Waals surface area contributed by atoms with Gasteiger partial charge in [-0.1, -0.05) is 0 Å². The number of amides is 2. The van der Waals surface area contributed by atoms with E-state index in [1.807, 2.05) is 25.7 Å². The summed E-state index contributed by atoms with van der Waals surface area (Å²) in [6, 6.07) is 0.0828. The molecule has 1 aliphatic carbocycles. The van der Waals surface area contributed by atoms with E-state index in [-0.39, 0.29) is 29.7 Å². The fraction of sp³-hybridized carbons (Fsp3) is 0.824. The molecule has 2 aliphatic heterocycles. The minimum absolute atomic E-state index is 0.0828. The molecule has 0 spiro atoms. The summed E-state index contributed by atoms with van der Waals surface area (Å²) in [5.74, 6) is 0.483. The Morgan fingerprint density at radius 1 is 1.17 bits per heavy atom. The molecule has 0 unspecified atom stereocenters. The van der Waals surface area contributed by atoms with Crippen LogP contribution in [0.5, 0.6) is 0 Å². The first-order valence-electron chi connectivity index (χ1n) is 8.55. The third-order valence-corrected chi connectivity index (χ3v) is 5.01. The highest BCUT2D eigenvalue weighted by Crippen LogP contribution is 2.34. The molecule has 3 aliphatic rings. The van der Waals surface area contributed by atoms with Crippen LogP contribution >= 0.6 is 0 Å². The predicted molar refractivity (Wildman–Crippen MR) is 83.8 cm³/mol. The van der Waals surface area contributed by atoms with Crippen molar-refractivity contribution in [2.24, 2.45) is 11.8 Å². The van der Waals surface area contributed by atoms with Gasteiger partial charge in [-0.2, -0.15) is 0 Å². The topological polar surface area (TPSA) is 66.9 Å². The van der Waals surface area contributed by atoms with E-state index >= 15 is 0 Å². The number of carbonyl (C=O) groups excluding carboxylic acids is 3. The summed E-state index contributed by atoms with van der Waals surface area (Å²) in [5.41, 5.74) is -0.507. The van der Waals surface area contributed by atoms with Gasteiger partial charge in [0.1, 0.15) is 11.4 Å².